The molecule has 0 aromatic carbocycles. The molecule has 0 amide bonds. The number of esters is 2. The predicted molar refractivity (Wildman–Crippen MR) is 62.8 cm³/mol. The molecule has 0 radical (unpaired) electrons. The second-order valence-corrected chi connectivity index (χ2v) is 4.04. The van der Waals surface area contributed by atoms with Gasteiger partial charge in [-0.1, -0.05) is 0 Å². The number of ether oxygens (including phenoxy) is 2. The van der Waals surface area contributed by atoms with Crippen molar-refractivity contribution in [3.05, 3.63) is 23.7 Å². The molecule has 0 aliphatic heterocycles. The maximum Gasteiger partial charge on any atom is 0.373 e. The van der Waals surface area contributed by atoms with Crippen LogP contribution < -0.4 is 0 Å². The fraction of sp³-hybridized carbons (Fsp3) is 0.455. The quantitative estimate of drug-likeness (QED) is 0.726. The van der Waals surface area contributed by atoms with E-state index < -0.39 is 5.97 Å². The van der Waals surface area contributed by atoms with Crippen LogP contribution in [0.5, 0.6) is 0 Å². The summed E-state index contributed by atoms with van der Waals surface area (Å²) in [5, 5.41) is 0. The summed E-state index contributed by atoms with van der Waals surface area (Å²) in [6.07, 6.45) is 0. The Bertz CT molecular complexity index is 385. The summed E-state index contributed by atoms with van der Waals surface area (Å²) in [7, 11) is 1.29. The van der Waals surface area contributed by atoms with Crippen LogP contribution in [0.4, 0.5) is 0 Å². The minimum atomic E-state index is -0.508. The first-order valence-electron chi connectivity index (χ1n) is 5.07. The first kappa shape index (κ1) is 13.6. The number of rotatable bonds is 6. The summed E-state index contributed by atoms with van der Waals surface area (Å²) in [4.78, 5) is 22.1. The van der Waals surface area contributed by atoms with Crippen molar-refractivity contribution in [1.29, 1.82) is 0 Å². The van der Waals surface area contributed by atoms with Gasteiger partial charge in [-0.25, -0.2) is 4.79 Å². The molecular weight excluding hydrogens is 244 g/mol. The highest BCUT2D eigenvalue weighted by molar-refractivity contribution is 7.99. The van der Waals surface area contributed by atoms with Crippen molar-refractivity contribution in [2.75, 3.05) is 19.5 Å². The minimum Gasteiger partial charge on any atom is -0.465 e. The molecule has 1 aromatic rings. The van der Waals surface area contributed by atoms with Gasteiger partial charge in [0.15, 0.2) is 0 Å². The molecule has 17 heavy (non-hydrogen) atoms. The van der Waals surface area contributed by atoms with Crippen LogP contribution in [0.2, 0.25) is 0 Å². The largest absolute Gasteiger partial charge is 0.465 e. The lowest BCUT2D eigenvalue weighted by Gasteiger charge is -2.00. The maximum absolute atomic E-state index is 11.1. The van der Waals surface area contributed by atoms with Crippen LogP contribution in [-0.4, -0.2) is 31.4 Å². The van der Waals surface area contributed by atoms with Gasteiger partial charge in [-0.2, -0.15) is 0 Å². The maximum atomic E-state index is 11.1. The summed E-state index contributed by atoms with van der Waals surface area (Å²) < 4.78 is 14.5. The zero-order valence-electron chi connectivity index (χ0n) is 9.73. The van der Waals surface area contributed by atoms with E-state index in [0.29, 0.717) is 18.1 Å². The van der Waals surface area contributed by atoms with Crippen LogP contribution in [0.3, 0.4) is 0 Å². The highest BCUT2D eigenvalue weighted by Gasteiger charge is 2.11. The topological polar surface area (TPSA) is 65.7 Å². The number of furan rings is 1. The van der Waals surface area contributed by atoms with Crippen molar-refractivity contribution in [2.45, 2.75) is 12.7 Å². The number of methoxy groups -OCH3 is 1. The lowest BCUT2D eigenvalue weighted by atomic mass is 10.4. The molecule has 94 valence electrons. The highest BCUT2D eigenvalue weighted by Crippen LogP contribution is 2.16. The Kier molecular flexibility index (Phi) is 5.62. The van der Waals surface area contributed by atoms with Gasteiger partial charge in [-0.15, -0.1) is 11.8 Å². The average Bonchev–Trinajstić information content (AvgIpc) is 2.77. The van der Waals surface area contributed by atoms with Gasteiger partial charge in [0.25, 0.3) is 0 Å². The van der Waals surface area contributed by atoms with E-state index in [1.165, 1.54) is 18.9 Å². The summed E-state index contributed by atoms with van der Waals surface area (Å²) in [5.41, 5.74) is 0. The van der Waals surface area contributed by atoms with E-state index in [4.69, 9.17) is 9.15 Å². The second kappa shape index (κ2) is 7.01. The third-order valence-electron chi connectivity index (χ3n) is 1.82. The normalized spacial score (nSPS) is 10.0. The van der Waals surface area contributed by atoms with Crippen LogP contribution in [0, 0.1) is 0 Å². The van der Waals surface area contributed by atoms with E-state index in [1.807, 2.05) is 0 Å². The Hall–Kier alpha value is -1.43. The van der Waals surface area contributed by atoms with Crippen molar-refractivity contribution < 1.29 is 23.5 Å². The Morgan fingerprint density at radius 2 is 2.18 bits per heavy atom. The van der Waals surface area contributed by atoms with Crippen molar-refractivity contribution in [2.24, 2.45) is 0 Å². The van der Waals surface area contributed by atoms with E-state index in [0.717, 1.165) is 0 Å². The van der Waals surface area contributed by atoms with Crippen molar-refractivity contribution in [3.8, 4) is 0 Å². The van der Waals surface area contributed by atoms with Gasteiger partial charge in [0.05, 0.1) is 25.2 Å². The molecule has 0 unspecified atom stereocenters. The smallest absolute Gasteiger partial charge is 0.373 e. The van der Waals surface area contributed by atoms with E-state index in [-0.39, 0.29) is 17.5 Å². The molecule has 0 bridgehead atoms. The molecule has 0 aliphatic rings. The number of hydrogen-bond donors (Lipinski definition) is 0. The molecule has 0 atom stereocenters. The van der Waals surface area contributed by atoms with Crippen LogP contribution in [0.25, 0.3) is 0 Å². The van der Waals surface area contributed by atoms with Crippen molar-refractivity contribution in [1.82, 2.24) is 0 Å². The second-order valence-electron chi connectivity index (χ2n) is 3.06. The molecule has 0 saturated carbocycles. The van der Waals surface area contributed by atoms with Crippen LogP contribution >= 0.6 is 11.8 Å². The number of thioether (sulfide) groups is 1. The van der Waals surface area contributed by atoms with E-state index >= 15 is 0 Å². The molecule has 1 rings (SSSR count). The van der Waals surface area contributed by atoms with E-state index in [1.54, 1.807) is 19.1 Å². The first-order chi connectivity index (χ1) is 8.17. The van der Waals surface area contributed by atoms with Crippen molar-refractivity contribution >= 4 is 23.7 Å². The molecule has 1 heterocycles. The summed E-state index contributed by atoms with van der Waals surface area (Å²) in [6.45, 7) is 2.14. The molecule has 5 nitrogen and oxygen atoms in total. The molecule has 1 aromatic heterocycles. The molecule has 0 N–H and O–H groups in total. The monoisotopic (exact) mass is 258 g/mol. The fourth-order valence-corrected chi connectivity index (χ4v) is 1.81. The van der Waals surface area contributed by atoms with Crippen LogP contribution in [-0.2, 0) is 20.0 Å². The predicted octanol–water partition coefficient (Wildman–Crippen LogP) is 1.86. The van der Waals surface area contributed by atoms with E-state index in [9.17, 15) is 9.59 Å². The van der Waals surface area contributed by atoms with Crippen LogP contribution in [0.1, 0.15) is 23.2 Å². The third-order valence-corrected chi connectivity index (χ3v) is 2.75. The standard InChI is InChI=1S/C11H14O5S/c1-3-15-10(12)7-17-6-8-4-5-9(16-8)11(13)14-2/h4-5H,3,6-7H2,1-2H3. The zero-order valence-corrected chi connectivity index (χ0v) is 10.5. The first-order valence-corrected chi connectivity index (χ1v) is 6.23. The number of carbonyl (C=O) groups is 2. The van der Waals surface area contributed by atoms with Gasteiger partial charge in [-0.3, -0.25) is 4.79 Å². The van der Waals surface area contributed by atoms with E-state index in [2.05, 4.69) is 4.74 Å². The minimum absolute atomic E-state index is 0.166. The molecule has 0 spiro atoms. The summed E-state index contributed by atoms with van der Waals surface area (Å²) in [6, 6.07) is 3.23. The lowest BCUT2D eigenvalue weighted by molar-refractivity contribution is -0.139. The fourth-order valence-electron chi connectivity index (χ4n) is 1.10. The Morgan fingerprint density at radius 1 is 1.41 bits per heavy atom. The number of carbonyl (C=O) groups excluding carboxylic acids is 2. The molecule has 0 saturated heterocycles. The lowest BCUT2D eigenvalue weighted by Crippen LogP contribution is -2.06. The van der Waals surface area contributed by atoms with Gasteiger partial charge in [0.1, 0.15) is 5.76 Å². The number of hydrogen-bond acceptors (Lipinski definition) is 6. The Balaban J connectivity index is 2.35. The van der Waals surface area contributed by atoms with Gasteiger partial charge < -0.3 is 13.9 Å². The van der Waals surface area contributed by atoms with Gasteiger partial charge in [0, 0.05) is 0 Å². The van der Waals surface area contributed by atoms with Crippen molar-refractivity contribution in [3.63, 3.8) is 0 Å². The highest BCUT2D eigenvalue weighted by atomic mass is 32.2. The summed E-state index contributed by atoms with van der Waals surface area (Å²) in [5.74, 6) is 0.806. The Morgan fingerprint density at radius 3 is 2.82 bits per heavy atom. The van der Waals surface area contributed by atoms with Crippen LogP contribution in [0.15, 0.2) is 16.5 Å². The Labute approximate surface area is 103 Å². The zero-order chi connectivity index (χ0) is 12.7. The SMILES string of the molecule is CCOC(=O)CSCc1ccc(C(=O)OC)o1. The average molecular weight is 258 g/mol. The van der Waals surface area contributed by atoms with Gasteiger partial charge in [0.2, 0.25) is 5.76 Å². The molecular formula is C11H14O5S. The third kappa shape index (κ3) is 4.52. The molecule has 0 fully saturated rings. The molecule has 6 heteroatoms. The van der Waals surface area contributed by atoms with Gasteiger partial charge in [-0.05, 0) is 19.1 Å². The summed E-state index contributed by atoms with van der Waals surface area (Å²) >= 11 is 1.37. The molecule has 0 aliphatic carbocycles. The van der Waals surface area contributed by atoms with Gasteiger partial charge >= 0.3 is 11.9 Å².